The Morgan fingerprint density at radius 2 is 2.00 bits per heavy atom. The lowest BCUT2D eigenvalue weighted by Gasteiger charge is -2.40. The van der Waals surface area contributed by atoms with Gasteiger partial charge in [-0.1, -0.05) is 13.8 Å². The summed E-state index contributed by atoms with van der Waals surface area (Å²) in [5.74, 6) is 0.711. The lowest BCUT2D eigenvalue weighted by atomic mass is 9.79. The Morgan fingerprint density at radius 1 is 1.32 bits per heavy atom. The summed E-state index contributed by atoms with van der Waals surface area (Å²) < 4.78 is 10.7. The van der Waals surface area contributed by atoms with Gasteiger partial charge in [0, 0.05) is 40.0 Å². The van der Waals surface area contributed by atoms with E-state index in [0.29, 0.717) is 11.3 Å². The molecule has 1 rings (SSSR count). The van der Waals surface area contributed by atoms with Crippen molar-refractivity contribution in [1.82, 2.24) is 10.2 Å². The molecule has 0 atom stereocenters. The van der Waals surface area contributed by atoms with Crippen LogP contribution in [0.1, 0.15) is 26.7 Å². The fraction of sp³-hybridized carbons (Fsp3) is 1.00. The van der Waals surface area contributed by atoms with E-state index in [1.165, 1.54) is 0 Å². The molecule has 1 fully saturated rings. The number of rotatable bonds is 9. The molecule has 1 aliphatic heterocycles. The average Bonchev–Trinajstić information content (AvgIpc) is 2.37. The summed E-state index contributed by atoms with van der Waals surface area (Å²) in [7, 11) is 3.96. The monoisotopic (exact) mass is 272 g/mol. The van der Waals surface area contributed by atoms with Crippen LogP contribution in [0.3, 0.4) is 0 Å². The van der Waals surface area contributed by atoms with Gasteiger partial charge in [-0.15, -0.1) is 0 Å². The van der Waals surface area contributed by atoms with Gasteiger partial charge < -0.3 is 19.7 Å². The molecule has 1 aliphatic rings. The van der Waals surface area contributed by atoms with Gasteiger partial charge in [0.25, 0.3) is 0 Å². The zero-order valence-electron chi connectivity index (χ0n) is 13.2. The van der Waals surface area contributed by atoms with Crippen LogP contribution < -0.4 is 5.32 Å². The minimum absolute atomic E-state index is 0.371. The first kappa shape index (κ1) is 16.9. The van der Waals surface area contributed by atoms with Crippen molar-refractivity contribution in [3.8, 4) is 0 Å². The van der Waals surface area contributed by atoms with Crippen LogP contribution in [-0.2, 0) is 9.47 Å². The lowest BCUT2D eigenvalue weighted by molar-refractivity contribution is -0.00341. The molecular formula is C15H32N2O2. The second-order valence-corrected chi connectivity index (χ2v) is 6.37. The maximum atomic E-state index is 5.54. The first-order valence-corrected chi connectivity index (χ1v) is 7.54. The Labute approximate surface area is 118 Å². The number of ether oxygens (including phenoxy) is 2. The topological polar surface area (TPSA) is 33.7 Å². The number of nitrogens with zero attached hydrogens (tertiary/aromatic N) is 1. The van der Waals surface area contributed by atoms with Crippen molar-refractivity contribution in [2.24, 2.45) is 11.3 Å². The van der Waals surface area contributed by atoms with Crippen LogP contribution in [0.4, 0.5) is 0 Å². The van der Waals surface area contributed by atoms with Crippen molar-refractivity contribution in [1.29, 1.82) is 0 Å². The maximum absolute atomic E-state index is 5.54. The number of hydrogen-bond acceptors (Lipinski definition) is 4. The van der Waals surface area contributed by atoms with E-state index >= 15 is 0 Å². The molecule has 0 aromatic heterocycles. The molecule has 0 aliphatic carbocycles. The number of hydrogen-bond donors (Lipinski definition) is 1. The highest BCUT2D eigenvalue weighted by Gasteiger charge is 2.33. The van der Waals surface area contributed by atoms with Gasteiger partial charge in [0.1, 0.15) is 0 Å². The third-order valence-electron chi connectivity index (χ3n) is 3.89. The molecule has 4 nitrogen and oxygen atoms in total. The van der Waals surface area contributed by atoms with E-state index in [1.807, 2.05) is 0 Å². The first-order chi connectivity index (χ1) is 9.08. The van der Waals surface area contributed by atoms with Crippen molar-refractivity contribution in [2.75, 3.05) is 60.2 Å². The van der Waals surface area contributed by atoms with E-state index in [2.05, 4.69) is 31.1 Å². The van der Waals surface area contributed by atoms with E-state index < -0.39 is 0 Å². The van der Waals surface area contributed by atoms with Crippen LogP contribution >= 0.6 is 0 Å². The van der Waals surface area contributed by atoms with E-state index in [-0.39, 0.29) is 0 Å². The summed E-state index contributed by atoms with van der Waals surface area (Å²) in [5, 5.41) is 3.64. The number of methoxy groups -OCH3 is 1. The predicted octanol–water partition coefficient (Wildman–Crippen LogP) is 1.61. The molecule has 1 N–H and O–H groups in total. The SMILES string of the molecule is COCCN(C)CC1(CNCC(C)C)CCOCC1. The third-order valence-corrected chi connectivity index (χ3v) is 3.89. The fourth-order valence-electron chi connectivity index (χ4n) is 2.72. The van der Waals surface area contributed by atoms with Crippen LogP contribution in [0, 0.1) is 11.3 Å². The summed E-state index contributed by atoms with van der Waals surface area (Å²) in [6, 6.07) is 0. The standard InChI is InChI=1S/C15H32N2O2/c1-14(2)11-16-12-15(5-8-19-9-6-15)13-17(3)7-10-18-4/h14,16H,5-13H2,1-4H3. The zero-order valence-corrected chi connectivity index (χ0v) is 13.2. The highest BCUT2D eigenvalue weighted by molar-refractivity contribution is 4.86. The maximum Gasteiger partial charge on any atom is 0.0589 e. The highest BCUT2D eigenvalue weighted by Crippen LogP contribution is 2.30. The second-order valence-electron chi connectivity index (χ2n) is 6.37. The van der Waals surface area contributed by atoms with Gasteiger partial charge >= 0.3 is 0 Å². The van der Waals surface area contributed by atoms with Crippen LogP contribution in [0.15, 0.2) is 0 Å². The van der Waals surface area contributed by atoms with Gasteiger partial charge in [0.15, 0.2) is 0 Å². The smallest absolute Gasteiger partial charge is 0.0589 e. The van der Waals surface area contributed by atoms with E-state index in [1.54, 1.807) is 7.11 Å². The summed E-state index contributed by atoms with van der Waals surface area (Å²) in [6.45, 7) is 11.5. The van der Waals surface area contributed by atoms with E-state index in [4.69, 9.17) is 9.47 Å². The Hall–Kier alpha value is -0.160. The first-order valence-electron chi connectivity index (χ1n) is 7.54. The molecule has 4 heteroatoms. The molecule has 0 amide bonds. The Morgan fingerprint density at radius 3 is 2.58 bits per heavy atom. The molecular weight excluding hydrogens is 240 g/mol. The molecule has 0 aromatic carbocycles. The van der Waals surface area contributed by atoms with Gasteiger partial charge in [-0.3, -0.25) is 0 Å². The Bertz CT molecular complexity index is 228. The highest BCUT2D eigenvalue weighted by atomic mass is 16.5. The van der Waals surface area contributed by atoms with Gasteiger partial charge in [-0.05, 0) is 37.8 Å². The van der Waals surface area contributed by atoms with Crippen molar-refractivity contribution in [3.05, 3.63) is 0 Å². The van der Waals surface area contributed by atoms with Crippen molar-refractivity contribution in [3.63, 3.8) is 0 Å². The summed E-state index contributed by atoms with van der Waals surface area (Å²) in [4.78, 5) is 2.39. The van der Waals surface area contributed by atoms with E-state index in [0.717, 1.165) is 58.8 Å². The largest absolute Gasteiger partial charge is 0.383 e. The molecule has 0 spiro atoms. The molecule has 0 bridgehead atoms. The molecule has 0 radical (unpaired) electrons. The summed E-state index contributed by atoms with van der Waals surface area (Å²) >= 11 is 0. The minimum atomic E-state index is 0.371. The Balaban J connectivity index is 2.44. The minimum Gasteiger partial charge on any atom is -0.383 e. The van der Waals surface area contributed by atoms with Crippen molar-refractivity contribution >= 4 is 0 Å². The molecule has 19 heavy (non-hydrogen) atoms. The molecule has 1 heterocycles. The summed E-state index contributed by atoms with van der Waals surface area (Å²) in [5.41, 5.74) is 0.371. The van der Waals surface area contributed by atoms with E-state index in [9.17, 15) is 0 Å². The normalized spacial score (nSPS) is 19.3. The molecule has 0 unspecified atom stereocenters. The van der Waals surface area contributed by atoms with Gasteiger partial charge in [-0.25, -0.2) is 0 Å². The quantitative estimate of drug-likeness (QED) is 0.691. The number of nitrogens with one attached hydrogen (secondary N) is 1. The van der Waals surface area contributed by atoms with Gasteiger partial charge in [0.2, 0.25) is 0 Å². The molecule has 1 saturated heterocycles. The van der Waals surface area contributed by atoms with Crippen LogP contribution in [0.5, 0.6) is 0 Å². The predicted molar refractivity (Wildman–Crippen MR) is 79.6 cm³/mol. The second kappa shape index (κ2) is 8.90. The molecule has 0 aromatic rings. The van der Waals surface area contributed by atoms with Gasteiger partial charge in [-0.2, -0.15) is 0 Å². The summed E-state index contributed by atoms with van der Waals surface area (Å²) in [6.07, 6.45) is 2.32. The third kappa shape index (κ3) is 6.70. The fourth-order valence-corrected chi connectivity index (χ4v) is 2.72. The zero-order chi connectivity index (χ0) is 14.1. The molecule has 0 saturated carbocycles. The van der Waals surface area contributed by atoms with Crippen LogP contribution in [0.25, 0.3) is 0 Å². The Kier molecular flexibility index (Phi) is 7.91. The lowest BCUT2D eigenvalue weighted by Crippen LogP contribution is -2.47. The van der Waals surface area contributed by atoms with Gasteiger partial charge in [0.05, 0.1) is 6.61 Å². The number of likely N-dealkylation sites (N-methyl/N-ethyl adjacent to an activating group) is 1. The van der Waals surface area contributed by atoms with Crippen molar-refractivity contribution < 1.29 is 9.47 Å². The average molecular weight is 272 g/mol. The van der Waals surface area contributed by atoms with Crippen LogP contribution in [0.2, 0.25) is 0 Å². The van der Waals surface area contributed by atoms with Crippen LogP contribution in [-0.4, -0.2) is 65.1 Å². The van der Waals surface area contributed by atoms with Crippen molar-refractivity contribution in [2.45, 2.75) is 26.7 Å². The molecule has 114 valence electrons.